The zero-order valence-electron chi connectivity index (χ0n) is 26.8. The monoisotopic (exact) mass is 650 g/mol. The lowest BCUT2D eigenvalue weighted by Crippen LogP contribution is -2.38. The lowest BCUT2D eigenvalue weighted by Gasteiger charge is -2.31. The third kappa shape index (κ3) is 5.40. The predicted octanol–water partition coefficient (Wildman–Crippen LogP) is 7.46. The first-order valence-electron chi connectivity index (χ1n) is 16.2. The first-order valence-corrected chi connectivity index (χ1v) is 17.1. The molecule has 0 bridgehead atoms. The molecule has 0 saturated heterocycles. The minimum atomic E-state index is -0.273. The first-order chi connectivity index (χ1) is 23.6. The van der Waals surface area contributed by atoms with Crippen LogP contribution in [0, 0.1) is 0 Å². The zero-order chi connectivity index (χ0) is 32.6. The van der Waals surface area contributed by atoms with Gasteiger partial charge in [-0.3, -0.25) is 9.36 Å². The Morgan fingerprint density at radius 3 is 2.60 bits per heavy atom. The van der Waals surface area contributed by atoms with Crippen molar-refractivity contribution < 1.29 is 14.2 Å². The van der Waals surface area contributed by atoms with Crippen LogP contribution in [-0.2, 0) is 13.0 Å². The number of thiazole rings is 1. The first kappa shape index (κ1) is 30.0. The Hall–Kier alpha value is -5.40. The van der Waals surface area contributed by atoms with Crippen LogP contribution in [0.25, 0.3) is 22.5 Å². The lowest BCUT2D eigenvalue weighted by molar-refractivity contribution is 0.270. The molecule has 0 amide bonds. The van der Waals surface area contributed by atoms with Crippen LogP contribution in [-0.4, -0.2) is 18.3 Å². The summed E-state index contributed by atoms with van der Waals surface area (Å²) in [6.07, 6.45) is 3.67. The van der Waals surface area contributed by atoms with Crippen molar-refractivity contribution in [1.29, 1.82) is 0 Å². The Labute approximate surface area is 282 Å². The van der Waals surface area contributed by atoms with Gasteiger partial charge >= 0.3 is 0 Å². The third-order valence-corrected chi connectivity index (χ3v) is 10.1. The Bertz CT molecular complexity index is 2400. The number of aryl methyl sites for hydroxylation is 1. The van der Waals surface area contributed by atoms with E-state index in [0.717, 1.165) is 52.1 Å². The van der Waals surface area contributed by atoms with Gasteiger partial charge in [-0.05, 0) is 88.7 Å². The Morgan fingerprint density at radius 1 is 0.875 bits per heavy atom. The summed E-state index contributed by atoms with van der Waals surface area (Å²) in [5.41, 5.74) is 7.47. The number of benzene rings is 5. The maximum Gasteiger partial charge on any atom is 0.271 e. The largest absolute Gasteiger partial charge is 0.497 e. The van der Waals surface area contributed by atoms with Crippen molar-refractivity contribution in [3.05, 3.63) is 162 Å². The van der Waals surface area contributed by atoms with E-state index in [9.17, 15) is 4.79 Å². The quantitative estimate of drug-likeness (QED) is 0.172. The molecule has 2 heterocycles. The molecule has 5 aromatic carbocycles. The number of nitrogens with zero attached hydrogens (tertiary/aromatic N) is 2. The van der Waals surface area contributed by atoms with Gasteiger partial charge in [0, 0.05) is 5.56 Å². The highest BCUT2D eigenvalue weighted by atomic mass is 32.1. The molecule has 8 rings (SSSR count). The van der Waals surface area contributed by atoms with Gasteiger partial charge < -0.3 is 14.2 Å². The van der Waals surface area contributed by atoms with Gasteiger partial charge in [-0.15, -0.1) is 0 Å². The van der Waals surface area contributed by atoms with Gasteiger partial charge in [0.1, 0.15) is 12.4 Å². The second-order valence-electron chi connectivity index (χ2n) is 12.0. The molecule has 0 radical (unpaired) electrons. The van der Waals surface area contributed by atoms with Crippen LogP contribution < -0.4 is 29.1 Å². The van der Waals surface area contributed by atoms with Gasteiger partial charge in [-0.1, -0.05) is 96.3 Å². The molecule has 0 unspecified atom stereocenters. The molecule has 1 atom stereocenters. The minimum Gasteiger partial charge on any atom is -0.497 e. The summed E-state index contributed by atoms with van der Waals surface area (Å²) < 4.78 is 20.4. The smallest absolute Gasteiger partial charge is 0.271 e. The molecular weight excluding hydrogens is 617 g/mol. The number of hydrogen-bond donors (Lipinski definition) is 0. The van der Waals surface area contributed by atoms with E-state index < -0.39 is 0 Å². The number of methoxy groups -OCH3 is 1. The van der Waals surface area contributed by atoms with E-state index in [1.807, 2.05) is 66.1 Å². The standard InChI is InChI=1S/C41H34N2O4S/c1-3-46-36-22-26(18-21-35(36)47-25-30-14-8-12-27-10-4-6-16-32(27)30)23-37-40(44)43-39(29-13-9-15-31(24-29)45-2)34-20-19-28-11-5-7-17-33(28)38(34)42-41(43)48-37/h4-18,21-24,39H,3,19-20,25H2,1-2H3/b37-23+/t39-/m1/s1. The van der Waals surface area contributed by atoms with Crippen LogP contribution in [0.4, 0.5) is 0 Å². The van der Waals surface area contributed by atoms with Gasteiger partial charge in [0.15, 0.2) is 16.3 Å². The number of fused-ring (bicyclic) bond motifs is 4. The molecule has 2 aliphatic rings. The van der Waals surface area contributed by atoms with E-state index >= 15 is 0 Å². The molecule has 1 aliphatic carbocycles. The maximum absolute atomic E-state index is 14.3. The van der Waals surface area contributed by atoms with Crippen LogP contribution >= 0.6 is 11.3 Å². The van der Waals surface area contributed by atoms with Crippen molar-refractivity contribution in [3.63, 3.8) is 0 Å². The molecule has 0 saturated carbocycles. The normalized spacial score (nSPS) is 15.4. The van der Waals surface area contributed by atoms with Crippen molar-refractivity contribution in [3.8, 4) is 17.2 Å². The second-order valence-corrected chi connectivity index (χ2v) is 13.0. The van der Waals surface area contributed by atoms with Gasteiger partial charge in [-0.2, -0.15) is 0 Å². The van der Waals surface area contributed by atoms with E-state index in [2.05, 4.69) is 60.7 Å². The van der Waals surface area contributed by atoms with Gasteiger partial charge in [0.2, 0.25) is 0 Å². The van der Waals surface area contributed by atoms with E-state index in [1.165, 1.54) is 27.7 Å². The van der Waals surface area contributed by atoms with E-state index in [4.69, 9.17) is 19.2 Å². The van der Waals surface area contributed by atoms with E-state index in [1.54, 1.807) is 7.11 Å². The molecule has 238 valence electrons. The molecule has 0 spiro atoms. The summed E-state index contributed by atoms with van der Waals surface area (Å²) >= 11 is 1.42. The number of rotatable bonds is 8. The molecule has 0 N–H and O–H groups in total. The van der Waals surface area contributed by atoms with Gasteiger partial charge in [-0.25, -0.2) is 4.99 Å². The maximum atomic E-state index is 14.3. The number of aromatic nitrogens is 1. The minimum absolute atomic E-state index is 0.0637. The van der Waals surface area contributed by atoms with E-state index in [0.29, 0.717) is 34.0 Å². The topological polar surface area (TPSA) is 62.0 Å². The number of ether oxygens (including phenoxy) is 3. The average Bonchev–Trinajstić information content (AvgIpc) is 3.44. The van der Waals surface area contributed by atoms with Crippen LogP contribution in [0.1, 0.15) is 47.2 Å². The summed E-state index contributed by atoms with van der Waals surface area (Å²) in [7, 11) is 1.67. The van der Waals surface area contributed by atoms with E-state index in [-0.39, 0.29) is 11.6 Å². The summed E-state index contributed by atoms with van der Waals surface area (Å²) in [6, 6.07) is 36.6. The SMILES string of the molecule is CCOc1cc(/C=c2/sc3n(c2=O)[C@H](c2cccc(OC)c2)C2=C(N=3)c3ccccc3CC2)ccc1OCc1cccc2ccccc12. The number of allylic oxidation sites excluding steroid dienone is 1. The highest BCUT2D eigenvalue weighted by Crippen LogP contribution is 2.41. The molecule has 1 aromatic heterocycles. The van der Waals surface area contributed by atoms with Crippen molar-refractivity contribution in [2.75, 3.05) is 13.7 Å². The fraction of sp³-hybridized carbons (Fsp3) is 0.171. The van der Waals surface area contributed by atoms with Crippen molar-refractivity contribution in [2.24, 2.45) is 4.99 Å². The molecule has 1 aliphatic heterocycles. The predicted molar refractivity (Wildman–Crippen MR) is 192 cm³/mol. The second kappa shape index (κ2) is 12.7. The van der Waals surface area contributed by atoms with Crippen LogP contribution in [0.5, 0.6) is 17.2 Å². The molecule has 7 heteroatoms. The van der Waals surface area contributed by atoms with Crippen molar-refractivity contribution >= 4 is 33.9 Å². The fourth-order valence-corrected chi connectivity index (χ4v) is 7.86. The van der Waals surface area contributed by atoms with Crippen LogP contribution in [0.2, 0.25) is 0 Å². The van der Waals surface area contributed by atoms with Crippen LogP contribution in [0.3, 0.4) is 0 Å². The van der Waals surface area contributed by atoms with Crippen molar-refractivity contribution in [2.45, 2.75) is 32.4 Å². The van der Waals surface area contributed by atoms with Crippen LogP contribution in [0.15, 0.2) is 125 Å². The fourth-order valence-electron chi connectivity index (χ4n) is 6.86. The summed E-state index contributed by atoms with van der Waals surface area (Å²) in [5, 5.41) is 2.35. The zero-order valence-corrected chi connectivity index (χ0v) is 27.6. The summed E-state index contributed by atoms with van der Waals surface area (Å²) in [4.78, 5) is 20.1. The third-order valence-electron chi connectivity index (χ3n) is 9.11. The Balaban J connectivity index is 1.20. The average molecular weight is 651 g/mol. The molecule has 0 fully saturated rings. The molecule has 6 aromatic rings. The summed E-state index contributed by atoms with van der Waals surface area (Å²) in [5.74, 6) is 2.06. The molecule has 6 nitrogen and oxygen atoms in total. The highest BCUT2D eigenvalue weighted by molar-refractivity contribution is 7.07. The number of hydrogen-bond acceptors (Lipinski definition) is 6. The Morgan fingerprint density at radius 2 is 1.71 bits per heavy atom. The molecule has 48 heavy (non-hydrogen) atoms. The lowest BCUT2D eigenvalue weighted by atomic mass is 9.83. The Kier molecular flexibility index (Phi) is 7.90. The van der Waals surface area contributed by atoms with Gasteiger partial charge in [0.05, 0.1) is 30.0 Å². The molecular formula is C41H34N2O4S. The highest BCUT2D eigenvalue weighted by Gasteiger charge is 2.32. The van der Waals surface area contributed by atoms with Crippen molar-refractivity contribution in [1.82, 2.24) is 4.57 Å². The van der Waals surface area contributed by atoms with Gasteiger partial charge in [0.25, 0.3) is 5.56 Å². The summed E-state index contributed by atoms with van der Waals surface area (Å²) in [6.45, 7) is 2.86.